The van der Waals surface area contributed by atoms with Crippen molar-refractivity contribution in [2.24, 2.45) is 7.05 Å². The highest BCUT2D eigenvalue weighted by Crippen LogP contribution is 2.21. The second-order valence-electron chi connectivity index (χ2n) is 3.74. The Morgan fingerprint density at radius 1 is 1.38 bits per heavy atom. The van der Waals surface area contributed by atoms with Crippen molar-refractivity contribution in [3.8, 4) is 11.1 Å². The summed E-state index contributed by atoms with van der Waals surface area (Å²) in [5.74, 6) is -0.179. The van der Waals surface area contributed by atoms with E-state index in [1.165, 1.54) is 6.07 Å². The summed E-state index contributed by atoms with van der Waals surface area (Å²) in [7, 11) is 3.66. The molecule has 1 aromatic heterocycles. The van der Waals surface area contributed by atoms with Crippen LogP contribution in [-0.2, 0) is 13.6 Å². The van der Waals surface area contributed by atoms with E-state index >= 15 is 0 Å². The molecule has 0 aliphatic carbocycles. The van der Waals surface area contributed by atoms with Crippen molar-refractivity contribution in [2.75, 3.05) is 7.05 Å². The van der Waals surface area contributed by atoms with E-state index in [-0.39, 0.29) is 5.82 Å². The van der Waals surface area contributed by atoms with Crippen molar-refractivity contribution in [2.45, 2.75) is 6.54 Å². The number of hydrogen-bond donors (Lipinski definition) is 1. The molecule has 0 atom stereocenters. The third kappa shape index (κ3) is 2.12. The Morgan fingerprint density at radius 2 is 2.19 bits per heavy atom. The SMILES string of the molecule is CNCc1cc(-c2cnn(C)c2)ccc1F. The molecule has 0 radical (unpaired) electrons. The predicted octanol–water partition coefficient (Wildman–Crippen LogP) is 1.95. The monoisotopic (exact) mass is 219 g/mol. The maximum absolute atomic E-state index is 13.4. The third-order valence-corrected chi connectivity index (χ3v) is 2.45. The lowest BCUT2D eigenvalue weighted by Gasteiger charge is -2.04. The first-order valence-corrected chi connectivity index (χ1v) is 5.13. The minimum Gasteiger partial charge on any atom is -0.316 e. The lowest BCUT2D eigenvalue weighted by atomic mass is 10.1. The highest BCUT2D eigenvalue weighted by molar-refractivity contribution is 5.62. The molecule has 0 unspecified atom stereocenters. The van der Waals surface area contributed by atoms with Gasteiger partial charge in [-0.15, -0.1) is 0 Å². The van der Waals surface area contributed by atoms with Crippen LogP contribution in [0, 0.1) is 5.82 Å². The highest BCUT2D eigenvalue weighted by atomic mass is 19.1. The molecule has 0 aliphatic rings. The lowest BCUT2D eigenvalue weighted by molar-refractivity contribution is 0.601. The Kier molecular flexibility index (Phi) is 3.01. The van der Waals surface area contributed by atoms with Gasteiger partial charge in [-0.25, -0.2) is 4.39 Å². The fourth-order valence-electron chi connectivity index (χ4n) is 1.65. The minimum absolute atomic E-state index is 0.179. The number of aryl methyl sites for hydroxylation is 1. The summed E-state index contributed by atoms with van der Waals surface area (Å²) in [6, 6.07) is 5.11. The van der Waals surface area contributed by atoms with E-state index in [0.717, 1.165) is 11.1 Å². The molecule has 0 saturated carbocycles. The van der Waals surface area contributed by atoms with Crippen molar-refractivity contribution < 1.29 is 4.39 Å². The van der Waals surface area contributed by atoms with Gasteiger partial charge < -0.3 is 5.32 Å². The largest absolute Gasteiger partial charge is 0.316 e. The van der Waals surface area contributed by atoms with Crippen molar-refractivity contribution in [1.29, 1.82) is 0 Å². The predicted molar refractivity (Wildman–Crippen MR) is 61.4 cm³/mol. The average molecular weight is 219 g/mol. The number of halogens is 1. The van der Waals surface area contributed by atoms with Crippen LogP contribution >= 0.6 is 0 Å². The fraction of sp³-hybridized carbons (Fsp3) is 0.250. The van der Waals surface area contributed by atoms with Gasteiger partial charge in [0.1, 0.15) is 5.82 Å². The number of hydrogen-bond acceptors (Lipinski definition) is 2. The first-order valence-electron chi connectivity index (χ1n) is 5.13. The van der Waals surface area contributed by atoms with Crippen LogP contribution in [0.4, 0.5) is 4.39 Å². The first-order chi connectivity index (χ1) is 7.70. The van der Waals surface area contributed by atoms with Gasteiger partial charge in [0, 0.05) is 30.9 Å². The maximum atomic E-state index is 13.4. The zero-order valence-corrected chi connectivity index (χ0v) is 9.37. The smallest absolute Gasteiger partial charge is 0.127 e. The molecule has 1 heterocycles. The Labute approximate surface area is 93.9 Å². The molecular formula is C12H14FN3. The van der Waals surface area contributed by atoms with Crippen LogP contribution < -0.4 is 5.32 Å². The third-order valence-electron chi connectivity index (χ3n) is 2.45. The van der Waals surface area contributed by atoms with Crippen LogP contribution in [0.1, 0.15) is 5.56 Å². The summed E-state index contributed by atoms with van der Waals surface area (Å²) in [4.78, 5) is 0. The topological polar surface area (TPSA) is 29.9 Å². The number of nitrogens with one attached hydrogen (secondary N) is 1. The standard InChI is InChI=1S/C12H14FN3/c1-14-6-10-5-9(3-4-12(10)13)11-7-15-16(2)8-11/h3-5,7-8,14H,6H2,1-2H3. The van der Waals surface area contributed by atoms with E-state index in [2.05, 4.69) is 10.4 Å². The van der Waals surface area contributed by atoms with Crippen LogP contribution in [0.25, 0.3) is 11.1 Å². The van der Waals surface area contributed by atoms with Crippen molar-refractivity contribution in [3.63, 3.8) is 0 Å². The summed E-state index contributed by atoms with van der Waals surface area (Å²) in [6.07, 6.45) is 3.69. The Hall–Kier alpha value is -1.68. The number of rotatable bonds is 3. The molecule has 0 aliphatic heterocycles. The van der Waals surface area contributed by atoms with E-state index < -0.39 is 0 Å². The second kappa shape index (κ2) is 4.45. The van der Waals surface area contributed by atoms with Gasteiger partial charge in [-0.3, -0.25) is 4.68 Å². The molecule has 3 nitrogen and oxygen atoms in total. The van der Waals surface area contributed by atoms with Crippen molar-refractivity contribution >= 4 is 0 Å². The summed E-state index contributed by atoms with van der Waals surface area (Å²) >= 11 is 0. The molecule has 0 amide bonds. The van der Waals surface area contributed by atoms with Crippen LogP contribution in [0.2, 0.25) is 0 Å². The fourth-order valence-corrected chi connectivity index (χ4v) is 1.65. The number of benzene rings is 1. The van der Waals surface area contributed by atoms with E-state index in [0.29, 0.717) is 12.1 Å². The van der Waals surface area contributed by atoms with E-state index in [1.807, 2.05) is 19.3 Å². The summed E-state index contributed by atoms with van der Waals surface area (Å²) in [5, 5.41) is 7.05. The van der Waals surface area contributed by atoms with Gasteiger partial charge in [-0.1, -0.05) is 6.07 Å². The molecule has 0 bridgehead atoms. The van der Waals surface area contributed by atoms with Gasteiger partial charge in [0.05, 0.1) is 6.20 Å². The molecule has 0 spiro atoms. The molecule has 2 rings (SSSR count). The van der Waals surface area contributed by atoms with Gasteiger partial charge in [0.2, 0.25) is 0 Å². The molecule has 4 heteroatoms. The van der Waals surface area contributed by atoms with E-state index in [1.54, 1.807) is 24.0 Å². The summed E-state index contributed by atoms with van der Waals surface area (Å²) in [6.45, 7) is 0.528. The van der Waals surface area contributed by atoms with Crippen molar-refractivity contribution in [3.05, 3.63) is 42.0 Å². The lowest BCUT2D eigenvalue weighted by Crippen LogP contribution is -2.06. The Bertz CT molecular complexity index is 491. The first kappa shape index (κ1) is 10.8. The normalized spacial score (nSPS) is 10.7. The Morgan fingerprint density at radius 3 is 2.81 bits per heavy atom. The second-order valence-corrected chi connectivity index (χ2v) is 3.74. The molecule has 2 aromatic rings. The number of nitrogens with zero attached hydrogens (tertiary/aromatic N) is 2. The molecular weight excluding hydrogens is 205 g/mol. The van der Waals surface area contributed by atoms with Crippen molar-refractivity contribution in [1.82, 2.24) is 15.1 Å². The number of aromatic nitrogens is 2. The average Bonchev–Trinajstić information content (AvgIpc) is 2.69. The van der Waals surface area contributed by atoms with Gasteiger partial charge >= 0.3 is 0 Å². The van der Waals surface area contributed by atoms with Crippen LogP contribution in [0.15, 0.2) is 30.6 Å². The molecule has 0 fully saturated rings. The molecule has 84 valence electrons. The molecule has 16 heavy (non-hydrogen) atoms. The minimum atomic E-state index is -0.179. The molecule has 1 N–H and O–H groups in total. The van der Waals surface area contributed by atoms with Crippen LogP contribution in [-0.4, -0.2) is 16.8 Å². The van der Waals surface area contributed by atoms with Crippen LogP contribution in [0.3, 0.4) is 0 Å². The van der Waals surface area contributed by atoms with Crippen LogP contribution in [0.5, 0.6) is 0 Å². The molecule has 1 aromatic carbocycles. The molecule has 0 saturated heterocycles. The van der Waals surface area contributed by atoms with Gasteiger partial charge in [-0.2, -0.15) is 5.10 Å². The summed E-state index contributed by atoms with van der Waals surface area (Å²) in [5.41, 5.74) is 2.66. The zero-order chi connectivity index (χ0) is 11.5. The van der Waals surface area contributed by atoms with Gasteiger partial charge in [0.15, 0.2) is 0 Å². The Balaban J connectivity index is 2.39. The maximum Gasteiger partial charge on any atom is 0.127 e. The van der Waals surface area contributed by atoms with E-state index in [9.17, 15) is 4.39 Å². The highest BCUT2D eigenvalue weighted by Gasteiger charge is 2.05. The van der Waals surface area contributed by atoms with Gasteiger partial charge in [0.25, 0.3) is 0 Å². The zero-order valence-electron chi connectivity index (χ0n) is 9.37. The van der Waals surface area contributed by atoms with Gasteiger partial charge in [-0.05, 0) is 24.7 Å². The van der Waals surface area contributed by atoms with E-state index in [4.69, 9.17) is 0 Å². The quantitative estimate of drug-likeness (QED) is 0.855. The summed E-state index contributed by atoms with van der Waals surface area (Å²) < 4.78 is 15.1.